The van der Waals surface area contributed by atoms with E-state index < -0.39 is 17.1 Å². The molecule has 0 saturated carbocycles. The minimum absolute atomic E-state index is 0.0959. The topological polar surface area (TPSA) is 36.9 Å². The summed E-state index contributed by atoms with van der Waals surface area (Å²) >= 11 is 0. The summed E-state index contributed by atoms with van der Waals surface area (Å²) in [7, 11) is -5.27. The smallest absolute Gasteiger partial charge is 0.369 e. The summed E-state index contributed by atoms with van der Waals surface area (Å²) in [5.74, 6) is 0. The van der Waals surface area contributed by atoms with E-state index in [9.17, 15) is 0 Å². The fraction of sp³-hybridized carbons (Fsp3) is 0.800. The Morgan fingerprint density at radius 1 is 0.615 bits per heavy atom. The second-order valence-corrected chi connectivity index (χ2v) is 13.6. The van der Waals surface area contributed by atoms with E-state index in [1.54, 1.807) is 0 Å². The van der Waals surface area contributed by atoms with Gasteiger partial charge in [-0.3, -0.25) is 0 Å². The first-order valence-electron chi connectivity index (χ1n) is 10.4. The van der Waals surface area contributed by atoms with Gasteiger partial charge in [-0.05, 0) is 50.9 Å². The fourth-order valence-corrected chi connectivity index (χ4v) is 11.8. The van der Waals surface area contributed by atoms with Gasteiger partial charge < -0.3 is 17.7 Å². The first-order valence-corrected chi connectivity index (χ1v) is 14.3. The quantitative estimate of drug-likeness (QED) is 0.309. The monoisotopic (exact) mass is 402 g/mol. The standard InChI is InChI=1S/C20H42O4Si2/c1-8-14-21-25(18-12-5,22-15-9-2)20(7)26(19-13-6,23-16-10-3)24-17-11-4/h12-13,18-20H,8-11,14-17H2,1-7H3. The average Bonchev–Trinajstić information content (AvgIpc) is 2.66. The highest BCUT2D eigenvalue weighted by atomic mass is 28.4. The van der Waals surface area contributed by atoms with Crippen LogP contribution in [0.3, 0.4) is 0 Å². The largest absolute Gasteiger partial charge is 0.391 e. The second kappa shape index (κ2) is 14.8. The highest BCUT2D eigenvalue weighted by molar-refractivity contribution is 6.92. The molecular formula is C20H42O4Si2. The van der Waals surface area contributed by atoms with Crippen LogP contribution in [0, 0.1) is 0 Å². The molecule has 0 aromatic heterocycles. The normalized spacial score (nSPS) is 14.6. The van der Waals surface area contributed by atoms with E-state index in [0.717, 1.165) is 25.7 Å². The van der Waals surface area contributed by atoms with Crippen molar-refractivity contribution < 1.29 is 17.7 Å². The summed E-state index contributed by atoms with van der Waals surface area (Å²) in [6.45, 7) is 17.6. The Morgan fingerprint density at radius 3 is 1.08 bits per heavy atom. The Hall–Kier alpha value is -0.246. The van der Waals surface area contributed by atoms with Crippen molar-refractivity contribution in [2.75, 3.05) is 26.4 Å². The van der Waals surface area contributed by atoms with Crippen LogP contribution in [0.15, 0.2) is 23.6 Å². The zero-order valence-corrected chi connectivity index (χ0v) is 20.2. The van der Waals surface area contributed by atoms with Crippen molar-refractivity contribution in [1.29, 1.82) is 0 Å². The van der Waals surface area contributed by atoms with E-state index in [-0.39, 0.29) is 5.16 Å². The average molecular weight is 403 g/mol. The maximum atomic E-state index is 6.47. The first-order chi connectivity index (χ1) is 12.5. The third-order valence-corrected chi connectivity index (χ3v) is 13.2. The van der Waals surface area contributed by atoms with Gasteiger partial charge in [0.2, 0.25) is 0 Å². The highest BCUT2D eigenvalue weighted by Gasteiger charge is 2.56. The summed E-state index contributed by atoms with van der Waals surface area (Å²) in [5.41, 5.74) is 4.36. The summed E-state index contributed by atoms with van der Waals surface area (Å²) in [4.78, 5) is 0. The van der Waals surface area contributed by atoms with Crippen molar-refractivity contribution in [3.8, 4) is 0 Å². The SMILES string of the molecule is CC=C[Si](OCCC)(OCCC)C(C)[Si](C=CC)(OCCC)OCCC. The summed E-state index contributed by atoms with van der Waals surface area (Å²) in [6.07, 6.45) is 8.03. The van der Waals surface area contributed by atoms with Crippen LogP contribution in [-0.2, 0) is 17.7 Å². The van der Waals surface area contributed by atoms with Crippen LogP contribution in [-0.4, -0.2) is 43.5 Å². The zero-order valence-electron chi connectivity index (χ0n) is 18.2. The maximum Gasteiger partial charge on any atom is 0.369 e. The molecule has 0 radical (unpaired) electrons. The molecule has 0 saturated heterocycles. The molecule has 4 nitrogen and oxygen atoms in total. The summed E-state index contributed by atoms with van der Waals surface area (Å²) in [6, 6.07) is 0. The van der Waals surface area contributed by atoms with E-state index in [0.29, 0.717) is 26.4 Å². The van der Waals surface area contributed by atoms with E-state index in [4.69, 9.17) is 17.7 Å². The lowest BCUT2D eigenvalue weighted by atomic mass is 10.5. The van der Waals surface area contributed by atoms with Gasteiger partial charge in [0.15, 0.2) is 0 Å². The Kier molecular flexibility index (Phi) is 14.6. The lowest BCUT2D eigenvalue weighted by Gasteiger charge is -2.41. The van der Waals surface area contributed by atoms with Crippen molar-refractivity contribution in [2.45, 2.75) is 79.3 Å². The van der Waals surface area contributed by atoms with Gasteiger partial charge >= 0.3 is 17.1 Å². The van der Waals surface area contributed by atoms with Gasteiger partial charge in [-0.2, -0.15) is 0 Å². The van der Waals surface area contributed by atoms with Crippen LogP contribution >= 0.6 is 0 Å². The van der Waals surface area contributed by atoms with E-state index >= 15 is 0 Å². The minimum Gasteiger partial charge on any atom is -0.391 e. The predicted molar refractivity (Wildman–Crippen MR) is 116 cm³/mol. The van der Waals surface area contributed by atoms with Gasteiger partial charge in [-0.1, -0.05) is 46.8 Å². The molecule has 0 unspecified atom stereocenters. The molecule has 0 N–H and O–H groups in total. The molecule has 6 heteroatoms. The van der Waals surface area contributed by atoms with Gasteiger partial charge in [0.05, 0.1) is 5.16 Å². The van der Waals surface area contributed by atoms with Gasteiger partial charge in [0.1, 0.15) is 0 Å². The molecule has 0 aliphatic rings. The van der Waals surface area contributed by atoms with Gasteiger partial charge in [-0.15, -0.1) is 0 Å². The third kappa shape index (κ3) is 7.78. The van der Waals surface area contributed by atoms with E-state index in [1.165, 1.54) is 0 Å². The summed E-state index contributed by atoms with van der Waals surface area (Å²) in [5, 5.41) is 0.0959. The number of allylic oxidation sites excluding steroid dienone is 2. The van der Waals surface area contributed by atoms with Crippen molar-refractivity contribution >= 4 is 17.1 Å². The Bertz CT molecular complexity index is 347. The molecule has 0 aromatic carbocycles. The molecule has 0 fully saturated rings. The lowest BCUT2D eigenvalue weighted by molar-refractivity contribution is 0.148. The molecule has 26 heavy (non-hydrogen) atoms. The molecule has 0 rings (SSSR count). The van der Waals surface area contributed by atoms with Gasteiger partial charge in [0.25, 0.3) is 0 Å². The van der Waals surface area contributed by atoms with Gasteiger partial charge in [0, 0.05) is 26.4 Å². The van der Waals surface area contributed by atoms with Crippen molar-refractivity contribution in [1.82, 2.24) is 0 Å². The van der Waals surface area contributed by atoms with Crippen LogP contribution < -0.4 is 0 Å². The number of hydrogen-bond acceptors (Lipinski definition) is 4. The number of rotatable bonds is 16. The van der Waals surface area contributed by atoms with Crippen LogP contribution in [0.4, 0.5) is 0 Å². The maximum absolute atomic E-state index is 6.47. The van der Waals surface area contributed by atoms with Crippen LogP contribution in [0.2, 0.25) is 5.16 Å². The van der Waals surface area contributed by atoms with Crippen molar-refractivity contribution in [2.24, 2.45) is 0 Å². The molecule has 0 aromatic rings. The second-order valence-electron chi connectivity index (χ2n) is 6.56. The van der Waals surface area contributed by atoms with E-state index in [1.807, 2.05) is 13.8 Å². The summed E-state index contributed by atoms with van der Waals surface area (Å²) < 4.78 is 25.9. The van der Waals surface area contributed by atoms with Crippen molar-refractivity contribution in [3.05, 3.63) is 23.6 Å². The molecule has 0 amide bonds. The highest BCUT2D eigenvalue weighted by Crippen LogP contribution is 2.37. The first kappa shape index (κ1) is 25.8. The Balaban J connectivity index is 6.03. The molecule has 0 aliphatic heterocycles. The predicted octanol–water partition coefficient (Wildman–Crippen LogP) is 5.74. The van der Waals surface area contributed by atoms with E-state index in [2.05, 4.69) is 58.2 Å². The molecule has 0 aliphatic carbocycles. The fourth-order valence-electron chi connectivity index (χ4n) is 2.86. The van der Waals surface area contributed by atoms with Gasteiger partial charge in [-0.25, -0.2) is 0 Å². The zero-order chi connectivity index (χ0) is 19.9. The number of hydrogen-bond donors (Lipinski definition) is 0. The Labute approximate surface area is 164 Å². The van der Waals surface area contributed by atoms with Crippen LogP contribution in [0.25, 0.3) is 0 Å². The molecule has 0 heterocycles. The molecule has 154 valence electrons. The molecule has 0 bridgehead atoms. The molecular weight excluding hydrogens is 360 g/mol. The lowest BCUT2D eigenvalue weighted by Crippen LogP contribution is -2.59. The molecule has 0 atom stereocenters. The van der Waals surface area contributed by atoms with Crippen LogP contribution in [0.1, 0.15) is 74.1 Å². The van der Waals surface area contributed by atoms with Crippen LogP contribution in [0.5, 0.6) is 0 Å². The third-order valence-electron chi connectivity index (χ3n) is 4.13. The Morgan fingerprint density at radius 2 is 0.885 bits per heavy atom. The minimum atomic E-state index is -2.63. The molecule has 0 spiro atoms. The van der Waals surface area contributed by atoms with Crippen molar-refractivity contribution in [3.63, 3.8) is 0 Å².